The van der Waals surface area contributed by atoms with Crippen molar-refractivity contribution in [1.82, 2.24) is 9.55 Å². The maximum absolute atomic E-state index is 6.86. The molecule has 0 aliphatic heterocycles. The summed E-state index contributed by atoms with van der Waals surface area (Å²) >= 11 is 0. The third-order valence-corrected chi connectivity index (χ3v) is 18.9. The number of aromatic nitrogens is 2. The first kappa shape index (κ1) is 48.5. The van der Waals surface area contributed by atoms with E-state index in [2.05, 4.69) is 297 Å². The van der Waals surface area contributed by atoms with Crippen LogP contribution in [0.5, 0.6) is 11.5 Å². The number of fused-ring (bicyclic) bond motifs is 3. The molecule has 400 valence electrons. The van der Waals surface area contributed by atoms with Gasteiger partial charge in [0.2, 0.25) is 0 Å². The molecule has 2 aromatic heterocycles. The van der Waals surface area contributed by atoms with E-state index < -0.39 is 10.8 Å². The van der Waals surface area contributed by atoms with Gasteiger partial charge in [-0.3, -0.25) is 4.57 Å². The molecule has 0 unspecified atom stereocenters. The largest absolute Gasteiger partial charge is 0.457 e. The van der Waals surface area contributed by atoms with Crippen LogP contribution in [0, 0.1) is 0 Å². The molecule has 5 nitrogen and oxygen atoms in total. The van der Waals surface area contributed by atoms with Crippen LogP contribution < -0.4 is 15.4 Å². The Bertz CT molecular complexity index is 4460. The summed E-state index contributed by atoms with van der Waals surface area (Å²) in [5.74, 6) is 2.60. The zero-order valence-corrected chi connectivity index (χ0v) is 46.9. The van der Waals surface area contributed by atoms with Gasteiger partial charge in [-0.1, -0.05) is 221 Å². The van der Waals surface area contributed by atoms with Gasteiger partial charge in [0.15, 0.2) is 0 Å². The second-order valence-corrected chi connectivity index (χ2v) is 24.2. The quantitative estimate of drug-likeness (QED) is 0.151. The Balaban J connectivity index is 0.837. The van der Waals surface area contributed by atoms with Crippen molar-refractivity contribution in [2.24, 2.45) is 0 Å². The van der Waals surface area contributed by atoms with Crippen molar-refractivity contribution in [2.75, 3.05) is 10.6 Å². The second-order valence-electron chi connectivity index (χ2n) is 24.2. The Morgan fingerprint density at radius 3 is 1.33 bits per heavy atom. The molecule has 0 atom stereocenters. The highest BCUT2D eigenvalue weighted by Crippen LogP contribution is 2.67. The Hall–Kier alpha value is -10.2. The molecule has 4 bridgehead atoms. The average Bonchev–Trinajstić information content (AvgIpc) is 0.879. The molecule has 0 spiro atoms. The van der Waals surface area contributed by atoms with E-state index in [-0.39, 0.29) is 17.3 Å². The number of ether oxygens (including phenoxy) is 1. The van der Waals surface area contributed by atoms with Crippen LogP contribution in [0.15, 0.2) is 273 Å². The fourth-order valence-electron chi connectivity index (χ4n) is 15.6. The summed E-state index contributed by atoms with van der Waals surface area (Å²) in [5, 5.41) is 10.6. The lowest BCUT2D eigenvalue weighted by Gasteiger charge is -2.54. The van der Waals surface area contributed by atoms with E-state index in [1.165, 1.54) is 88.8 Å². The topological polar surface area (TPSA) is 51.1 Å². The number of para-hydroxylation sites is 4. The Morgan fingerprint density at radius 1 is 0.381 bits per heavy atom. The van der Waals surface area contributed by atoms with Crippen molar-refractivity contribution in [3.63, 3.8) is 0 Å². The predicted octanol–water partition coefficient (Wildman–Crippen LogP) is 19.1. The minimum absolute atomic E-state index is 0.0317. The summed E-state index contributed by atoms with van der Waals surface area (Å²) in [5.41, 5.74) is 24.4. The van der Waals surface area contributed by atoms with Crippen molar-refractivity contribution in [2.45, 2.75) is 48.9 Å². The second kappa shape index (κ2) is 18.1. The highest BCUT2D eigenvalue weighted by Gasteiger charge is 2.57. The summed E-state index contributed by atoms with van der Waals surface area (Å²) in [4.78, 5) is 4.93. The van der Waals surface area contributed by atoms with E-state index in [1.807, 2.05) is 12.3 Å². The van der Waals surface area contributed by atoms with Crippen LogP contribution in [-0.2, 0) is 16.2 Å². The molecule has 0 saturated carbocycles. The van der Waals surface area contributed by atoms with Crippen LogP contribution in [-0.4, -0.2) is 9.55 Å². The summed E-state index contributed by atoms with van der Waals surface area (Å²) in [6.45, 7) is 6.73. The number of hydrogen-bond donors (Lipinski definition) is 2. The van der Waals surface area contributed by atoms with Gasteiger partial charge in [0.1, 0.15) is 17.3 Å². The van der Waals surface area contributed by atoms with Crippen LogP contribution in [0.4, 0.5) is 22.7 Å². The standard InChI is InChI=1S/C79H58N4O/c1-77(2,3)49-44-45-80-73(46-49)83-71-41-19-10-24-53(71)54-43-42-52(48-72(54)83)84-51-23-20-22-50(47-51)81-69-39-17-18-40-70(69)82-76-67(78-61-31-11-4-25-55(61)74(56-26-5-12-32-62(56)78)57-27-6-13-33-63(57)78)37-21-38-68(76)79-64-34-14-7-28-58(64)75(59-29-8-15-35-65(59)79)60-30-9-16-36-66(60)79/h4-48,74-75,81-82H,1-3H3. The number of nitrogens with one attached hydrogen (secondary N) is 2. The van der Waals surface area contributed by atoms with Crippen LogP contribution in [0.25, 0.3) is 27.6 Å². The van der Waals surface area contributed by atoms with Gasteiger partial charge in [-0.05, 0) is 143 Å². The third kappa shape index (κ3) is 6.75. The molecule has 6 aliphatic rings. The van der Waals surface area contributed by atoms with Crippen molar-refractivity contribution in [3.8, 4) is 17.3 Å². The molecule has 0 fully saturated rings. The lowest BCUT2D eigenvalue weighted by Crippen LogP contribution is -2.45. The van der Waals surface area contributed by atoms with E-state index in [1.54, 1.807) is 0 Å². The maximum Gasteiger partial charge on any atom is 0.137 e. The van der Waals surface area contributed by atoms with Crippen molar-refractivity contribution >= 4 is 44.6 Å². The number of benzene rings is 11. The van der Waals surface area contributed by atoms with E-state index in [4.69, 9.17) is 9.72 Å². The Labute approximate surface area is 489 Å². The molecule has 11 aromatic carbocycles. The normalized spacial score (nSPS) is 18.3. The van der Waals surface area contributed by atoms with Gasteiger partial charge >= 0.3 is 0 Å². The molecule has 2 N–H and O–H groups in total. The molecular weight excluding hydrogens is 1020 g/mol. The first-order valence-corrected chi connectivity index (χ1v) is 29.4. The first-order chi connectivity index (χ1) is 41.3. The number of pyridine rings is 1. The van der Waals surface area contributed by atoms with Gasteiger partial charge in [-0.15, -0.1) is 0 Å². The fraction of sp³-hybridized carbons (Fsp3) is 0.101. The highest BCUT2D eigenvalue weighted by molar-refractivity contribution is 6.09. The van der Waals surface area contributed by atoms with E-state index >= 15 is 0 Å². The summed E-state index contributed by atoms with van der Waals surface area (Å²) in [7, 11) is 0. The SMILES string of the molecule is CC(C)(C)c1ccnc(-n2c3ccccc3c3ccc(Oc4cccc(Nc5ccccc5Nc5c(C67c8ccccc8C(c8ccccc86)c6ccccc67)cccc5C56c7ccccc7C(c7ccccc75)c5ccccc56)c4)cc32)c1. The Morgan fingerprint density at radius 2 is 0.810 bits per heavy atom. The van der Waals surface area contributed by atoms with Gasteiger partial charge in [0.05, 0.1) is 33.2 Å². The van der Waals surface area contributed by atoms with Crippen molar-refractivity contribution in [3.05, 3.63) is 357 Å². The van der Waals surface area contributed by atoms with Crippen molar-refractivity contribution < 1.29 is 4.74 Å². The maximum atomic E-state index is 6.86. The molecular formula is C79H58N4O. The van der Waals surface area contributed by atoms with E-state index in [0.717, 1.165) is 56.5 Å². The lowest BCUT2D eigenvalue weighted by molar-refractivity contribution is 0.483. The Kier molecular flexibility index (Phi) is 10.5. The first-order valence-electron chi connectivity index (χ1n) is 29.4. The minimum atomic E-state index is -0.684. The monoisotopic (exact) mass is 1080 g/mol. The third-order valence-electron chi connectivity index (χ3n) is 18.9. The predicted molar refractivity (Wildman–Crippen MR) is 342 cm³/mol. The van der Waals surface area contributed by atoms with Gasteiger partial charge in [-0.25, -0.2) is 4.98 Å². The molecule has 0 amide bonds. The van der Waals surface area contributed by atoms with Crippen molar-refractivity contribution in [1.29, 1.82) is 0 Å². The molecule has 6 aliphatic carbocycles. The van der Waals surface area contributed by atoms with Gasteiger partial charge in [-0.2, -0.15) is 0 Å². The van der Waals surface area contributed by atoms with Gasteiger partial charge < -0.3 is 15.4 Å². The van der Waals surface area contributed by atoms with Gasteiger partial charge in [0, 0.05) is 52.3 Å². The number of nitrogens with zero attached hydrogens (tertiary/aromatic N) is 2. The molecule has 84 heavy (non-hydrogen) atoms. The molecule has 13 aromatic rings. The van der Waals surface area contributed by atoms with Gasteiger partial charge in [0.25, 0.3) is 0 Å². The van der Waals surface area contributed by atoms with Crippen LogP contribution in [0.1, 0.15) is 116 Å². The summed E-state index contributed by atoms with van der Waals surface area (Å²) < 4.78 is 9.13. The van der Waals surface area contributed by atoms with Crippen LogP contribution in [0.3, 0.4) is 0 Å². The molecule has 0 saturated heterocycles. The fourth-order valence-corrected chi connectivity index (χ4v) is 15.6. The number of hydrogen-bond acceptors (Lipinski definition) is 4. The smallest absolute Gasteiger partial charge is 0.137 e. The van der Waals surface area contributed by atoms with Crippen LogP contribution >= 0.6 is 0 Å². The number of rotatable bonds is 9. The highest BCUT2D eigenvalue weighted by atomic mass is 16.5. The molecule has 5 heteroatoms. The zero-order valence-electron chi connectivity index (χ0n) is 46.9. The van der Waals surface area contributed by atoms with E-state index in [9.17, 15) is 0 Å². The average molecular weight is 1080 g/mol. The molecule has 2 heterocycles. The minimum Gasteiger partial charge on any atom is -0.457 e. The summed E-state index contributed by atoms with van der Waals surface area (Å²) in [6, 6.07) is 99.0. The molecule has 0 radical (unpaired) electrons. The summed E-state index contributed by atoms with van der Waals surface area (Å²) in [6.07, 6.45) is 1.93. The molecule has 19 rings (SSSR count). The number of anilines is 4. The van der Waals surface area contributed by atoms with Crippen LogP contribution in [0.2, 0.25) is 0 Å². The zero-order chi connectivity index (χ0) is 55.9. The lowest BCUT2D eigenvalue weighted by atomic mass is 9.48. The van der Waals surface area contributed by atoms with E-state index in [0.29, 0.717) is 0 Å².